The van der Waals surface area contributed by atoms with Crippen LogP contribution >= 0.6 is 0 Å². The Kier molecular flexibility index (Phi) is 9.87. The highest BCUT2D eigenvalue weighted by Gasteiger charge is 2.40. The van der Waals surface area contributed by atoms with Crippen LogP contribution < -0.4 is 0 Å². The summed E-state index contributed by atoms with van der Waals surface area (Å²) in [6, 6.07) is 16.5. The van der Waals surface area contributed by atoms with Crippen molar-refractivity contribution in [2.45, 2.75) is 71.4 Å². The lowest BCUT2D eigenvalue weighted by Crippen LogP contribution is -2.54. The average molecular weight is 525 g/mol. The Hall–Kier alpha value is -3.88. The first-order valence-corrected chi connectivity index (χ1v) is 12.8. The van der Waals surface area contributed by atoms with E-state index in [0.29, 0.717) is 19.4 Å². The normalized spacial score (nSPS) is 15.9. The average Bonchev–Trinajstić information content (AvgIpc) is 3.38. The molecule has 0 radical (unpaired) electrons. The van der Waals surface area contributed by atoms with Gasteiger partial charge in [-0.1, -0.05) is 60.7 Å². The molecular formula is C29H36N2O7. The summed E-state index contributed by atoms with van der Waals surface area (Å²) in [5.74, 6) is -1.64. The molecule has 2 aromatic carbocycles. The highest BCUT2D eigenvalue weighted by atomic mass is 16.6. The zero-order chi connectivity index (χ0) is 27.7. The maximum Gasteiger partial charge on any atom is 0.411 e. The number of carbonyl (C=O) groups is 4. The van der Waals surface area contributed by atoms with Crippen molar-refractivity contribution in [3.05, 3.63) is 71.8 Å². The largest absolute Gasteiger partial charge is 0.459 e. The summed E-state index contributed by atoms with van der Waals surface area (Å²) in [4.78, 5) is 54.6. The summed E-state index contributed by atoms with van der Waals surface area (Å²) in [6.07, 6.45) is 0.244. The van der Waals surface area contributed by atoms with Crippen LogP contribution in [0.5, 0.6) is 0 Å². The molecule has 2 amide bonds. The molecule has 38 heavy (non-hydrogen) atoms. The van der Waals surface area contributed by atoms with Gasteiger partial charge >= 0.3 is 18.0 Å². The van der Waals surface area contributed by atoms with E-state index in [-0.39, 0.29) is 13.2 Å². The third-order valence-corrected chi connectivity index (χ3v) is 6.02. The van der Waals surface area contributed by atoms with E-state index < -0.39 is 48.2 Å². The third kappa shape index (κ3) is 8.33. The molecule has 1 aliphatic heterocycles. The van der Waals surface area contributed by atoms with Gasteiger partial charge in [0.05, 0.1) is 0 Å². The zero-order valence-corrected chi connectivity index (χ0v) is 22.4. The Morgan fingerprint density at radius 2 is 1.47 bits per heavy atom. The van der Waals surface area contributed by atoms with Crippen molar-refractivity contribution in [1.82, 2.24) is 9.80 Å². The molecule has 9 nitrogen and oxygen atoms in total. The monoisotopic (exact) mass is 524 g/mol. The number of rotatable bonds is 9. The van der Waals surface area contributed by atoms with Crippen LogP contribution in [0.25, 0.3) is 0 Å². The lowest BCUT2D eigenvalue weighted by molar-refractivity contribution is -0.159. The smallest absolute Gasteiger partial charge is 0.411 e. The fraction of sp³-hybridized carbons (Fsp3) is 0.448. The van der Waals surface area contributed by atoms with Gasteiger partial charge in [0.2, 0.25) is 5.91 Å². The van der Waals surface area contributed by atoms with E-state index in [2.05, 4.69) is 0 Å². The number of ether oxygens (including phenoxy) is 3. The first-order chi connectivity index (χ1) is 18.0. The van der Waals surface area contributed by atoms with Crippen molar-refractivity contribution in [2.24, 2.45) is 0 Å². The molecule has 0 saturated carbocycles. The molecule has 0 aliphatic carbocycles. The van der Waals surface area contributed by atoms with Gasteiger partial charge in [-0.3, -0.25) is 14.5 Å². The summed E-state index contributed by atoms with van der Waals surface area (Å²) in [6.45, 7) is 6.60. The third-order valence-electron chi connectivity index (χ3n) is 6.02. The number of hydrogen-bond acceptors (Lipinski definition) is 7. The minimum absolute atomic E-state index is 0.0243. The van der Waals surface area contributed by atoms with Crippen LogP contribution in [0.2, 0.25) is 0 Å². The van der Waals surface area contributed by atoms with E-state index in [9.17, 15) is 19.2 Å². The number of hydrogen-bond donors (Lipinski definition) is 0. The standard InChI is InChI=1S/C29H36N2O7/c1-21(26(33)30-17-11-16-24(30)27(34)36-19-22-12-7-5-8-13-22)31(18-25(32)38-29(2,3)4)28(35)37-20-23-14-9-6-10-15-23/h5-10,12-15,21,24H,11,16-20H2,1-4H3/t21-,24-/m0/s1. The lowest BCUT2D eigenvalue weighted by atomic mass is 10.2. The Bertz CT molecular complexity index is 1100. The quantitative estimate of drug-likeness (QED) is 0.360. The van der Waals surface area contributed by atoms with Crippen molar-refractivity contribution in [3.8, 4) is 0 Å². The predicted molar refractivity (Wildman–Crippen MR) is 140 cm³/mol. The topological polar surface area (TPSA) is 102 Å². The molecular weight excluding hydrogens is 488 g/mol. The fourth-order valence-electron chi connectivity index (χ4n) is 4.15. The SMILES string of the molecule is C[C@@H](C(=O)N1CCC[C@H]1C(=O)OCc1ccccc1)N(CC(=O)OC(C)(C)C)C(=O)OCc1ccccc1. The molecule has 2 atom stereocenters. The van der Waals surface area contributed by atoms with E-state index in [4.69, 9.17) is 14.2 Å². The van der Waals surface area contributed by atoms with Gasteiger partial charge in [0.25, 0.3) is 0 Å². The van der Waals surface area contributed by atoms with Gasteiger partial charge in [-0.2, -0.15) is 0 Å². The molecule has 9 heteroatoms. The van der Waals surface area contributed by atoms with Crippen molar-refractivity contribution in [1.29, 1.82) is 0 Å². The first-order valence-electron chi connectivity index (χ1n) is 12.8. The number of amides is 2. The first kappa shape index (κ1) is 28.7. The zero-order valence-electron chi connectivity index (χ0n) is 22.4. The molecule has 0 spiro atoms. The van der Waals surface area contributed by atoms with Gasteiger partial charge in [0.1, 0.15) is 37.4 Å². The summed E-state index contributed by atoms with van der Waals surface area (Å²) in [7, 11) is 0. The van der Waals surface area contributed by atoms with Crippen molar-refractivity contribution >= 4 is 23.9 Å². The Morgan fingerprint density at radius 3 is 2.03 bits per heavy atom. The van der Waals surface area contributed by atoms with Crippen LogP contribution in [0.15, 0.2) is 60.7 Å². The van der Waals surface area contributed by atoms with Gasteiger partial charge in [-0.15, -0.1) is 0 Å². The second-order valence-corrected chi connectivity index (χ2v) is 10.2. The van der Waals surface area contributed by atoms with Gasteiger partial charge in [-0.05, 0) is 51.7 Å². The molecule has 0 aromatic heterocycles. The van der Waals surface area contributed by atoms with E-state index in [1.807, 2.05) is 48.5 Å². The molecule has 2 aromatic rings. The van der Waals surface area contributed by atoms with Gasteiger partial charge in [-0.25, -0.2) is 9.59 Å². The van der Waals surface area contributed by atoms with Crippen molar-refractivity contribution < 1.29 is 33.4 Å². The fourth-order valence-corrected chi connectivity index (χ4v) is 4.15. The molecule has 3 rings (SSSR count). The maximum atomic E-state index is 13.5. The second kappa shape index (κ2) is 13.1. The summed E-state index contributed by atoms with van der Waals surface area (Å²) in [5, 5.41) is 0. The van der Waals surface area contributed by atoms with E-state index in [1.54, 1.807) is 32.9 Å². The molecule has 1 heterocycles. The van der Waals surface area contributed by atoms with Gasteiger partial charge < -0.3 is 19.1 Å². The van der Waals surface area contributed by atoms with Gasteiger partial charge in [0.15, 0.2) is 0 Å². The highest BCUT2D eigenvalue weighted by Crippen LogP contribution is 2.22. The molecule has 0 bridgehead atoms. The van der Waals surface area contributed by atoms with Crippen LogP contribution in [0.1, 0.15) is 51.7 Å². The Balaban J connectivity index is 1.70. The maximum absolute atomic E-state index is 13.5. The molecule has 1 aliphatic rings. The number of carbonyl (C=O) groups excluding carboxylic acids is 4. The molecule has 1 fully saturated rings. The number of likely N-dealkylation sites (tertiary alicyclic amines) is 1. The minimum atomic E-state index is -1.08. The van der Waals surface area contributed by atoms with Crippen LogP contribution in [0.3, 0.4) is 0 Å². The highest BCUT2D eigenvalue weighted by molar-refractivity contribution is 5.91. The lowest BCUT2D eigenvalue weighted by Gasteiger charge is -2.32. The number of esters is 2. The Labute approximate surface area is 223 Å². The van der Waals surface area contributed by atoms with E-state index in [1.165, 1.54) is 11.8 Å². The number of nitrogens with zero attached hydrogens (tertiary/aromatic N) is 2. The van der Waals surface area contributed by atoms with Crippen LogP contribution in [-0.2, 0) is 41.8 Å². The van der Waals surface area contributed by atoms with Crippen molar-refractivity contribution in [3.63, 3.8) is 0 Å². The minimum Gasteiger partial charge on any atom is -0.459 e. The van der Waals surface area contributed by atoms with Crippen LogP contribution in [0, 0.1) is 0 Å². The van der Waals surface area contributed by atoms with Gasteiger partial charge in [0, 0.05) is 6.54 Å². The number of benzene rings is 2. The Morgan fingerprint density at radius 1 is 0.921 bits per heavy atom. The van der Waals surface area contributed by atoms with E-state index >= 15 is 0 Å². The molecule has 0 N–H and O–H groups in total. The van der Waals surface area contributed by atoms with Crippen LogP contribution in [0.4, 0.5) is 4.79 Å². The van der Waals surface area contributed by atoms with Crippen molar-refractivity contribution in [2.75, 3.05) is 13.1 Å². The van der Waals surface area contributed by atoms with Crippen LogP contribution in [-0.4, -0.2) is 64.5 Å². The summed E-state index contributed by atoms with van der Waals surface area (Å²) in [5.41, 5.74) is 0.833. The van der Waals surface area contributed by atoms with E-state index in [0.717, 1.165) is 16.0 Å². The summed E-state index contributed by atoms with van der Waals surface area (Å²) < 4.78 is 16.3. The second-order valence-electron chi connectivity index (χ2n) is 10.2. The molecule has 0 unspecified atom stereocenters. The summed E-state index contributed by atoms with van der Waals surface area (Å²) >= 11 is 0. The molecule has 204 valence electrons. The molecule has 1 saturated heterocycles. The predicted octanol–water partition coefficient (Wildman–Crippen LogP) is 4.09.